The normalized spacial score (nSPS) is 9.12. The summed E-state index contributed by atoms with van der Waals surface area (Å²) in [6.07, 6.45) is 3.50. The van der Waals surface area contributed by atoms with Crippen molar-refractivity contribution in [1.82, 2.24) is 4.98 Å². The van der Waals surface area contributed by atoms with Crippen LogP contribution in [0, 0.1) is 0 Å². The topological polar surface area (TPSA) is 12.9 Å². The van der Waals surface area contributed by atoms with Gasteiger partial charge >= 0.3 is 0 Å². The van der Waals surface area contributed by atoms with Gasteiger partial charge in [-0.15, -0.1) is 0 Å². The molecule has 0 unspecified atom stereocenters. The zero-order chi connectivity index (χ0) is 5.82. The minimum atomic E-state index is 0.683. The van der Waals surface area contributed by atoms with Gasteiger partial charge in [0.2, 0.25) is 0 Å². The van der Waals surface area contributed by atoms with Crippen LogP contribution in [-0.4, -0.2) is 4.98 Å². The molecule has 1 nitrogen and oxygen atoms in total. The largest absolute Gasteiger partial charge is 0.265 e. The van der Waals surface area contributed by atoms with Gasteiger partial charge in [0.05, 0.1) is 0 Å². The highest BCUT2D eigenvalue weighted by Gasteiger charge is 1.82. The molecule has 0 bridgehead atoms. The van der Waals surface area contributed by atoms with Gasteiger partial charge in [0.25, 0.3) is 0 Å². The van der Waals surface area contributed by atoms with Crippen LogP contribution < -0.4 is 0 Å². The second kappa shape index (κ2) is 2.72. The van der Waals surface area contributed by atoms with Crippen LogP contribution in [0.5, 0.6) is 0 Å². The molecule has 2 heteroatoms. The molecule has 0 aliphatic rings. The fraction of sp³-hybridized carbons (Fsp3) is 0.167. The smallest absolute Gasteiger partial charge is 0.0289 e. The molecule has 41 valence electrons. The quantitative estimate of drug-likeness (QED) is 0.556. The first-order chi connectivity index (χ1) is 3.93. The summed E-state index contributed by atoms with van der Waals surface area (Å²) in [4.78, 5) is 3.85. The van der Waals surface area contributed by atoms with Crippen LogP contribution in [0.15, 0.2) is 24.5 Å². The van der Waals surface area contributed by atoms with E-state index in [1.54, 1.807) is 12.4 Å². The van der Waals surface area contributed by atoms with E-state index < -0.39 is 0 Å². The molecule has 0 aliphatic heterocycles. The summed E-state index contributed by atoms with van der Waals surface area (Å²) in [6.45, 7) is 0. The standard InChI is InChI=1S/C6H6NS/c8-5-6-1-3-7-4-2-6/h1-4H,5H2. The summed E-state index contributed by atoms with van der Waals surface area (Å²) < 4.78 is 0. The summed E-state index contributed by atoms with van der Waals surface area (Å²) >= 11 is 4.79. The summed E-state index contributed by atoms with van der Waals surface area (Å²) in [5.41, 5.74) is 1.16. The first-order valence-corrected chi connectivity index (χ1v) is 2.98. The van der Waals surface area contributed by atoms with Gasteiger partial charge in [-0.2, -0.15) is 0 Å². The van der Waals surface area contributed by atoms with Crippen molar-refractivity contribution in [3.05, 3.63) is 30.1 Å². The van der Waals surface area contributed by atoms with Crippen LogP contribution >= 0.6 is 12.6 Å². The molecule has 1 rings (SSSR count). The number of hydrogen-bond donors (Lipinski definition) is 0. The summed E-state index contributed by atoms with van der Waals surface area (Å²) in [6, 6.07) is 3.85. The Labute approximate surface area is 54.2 Å². The van der Waals surface area contributed by atoms with Crippen molar-refractivity contribution in [3.8, 4) is 0 Å². The second-order valence-electron chi connectivity index (χ2n) is 1.50. The molecule has 0 aromatic carbocycles. The molecule has 1 radical (unpaired) electrons. The Morgan fingerprint density at radius 2 is 2.00 bits per heavy atom. The maximum absolute atomic E-state index is 4.79. The van der Waals surface area contributed by atoms with Crippen molar-refractivity contribution in [2.24, 2.45) is 0 Å². The van der Waals surface area contributed by atoms with Gasteiger partial charge in [-0.1, -0.05) is 12.6 Å². The lowest BCUT2D eigenvalue weighted by Crippen LogP contribution is -1.74. The van der Waals surface area contributed by atoms with Crippen LogP contribution in [0.4, 0.5) is 0 Å². The van der Waals surface area contributed by atoms with E-state index in [1.807, 2.05) is 12.1 Å². The third-order valence-electron chi connectivity index (χ3n) is 0.916. The number of rotatable bonds is 1. The number of aromatic nitrogens is 1. The molecular weight excluding hydrogens is 118 g/mol. The molecule has 0 spiro atoms. The third-order valence-corrected chi connectivity index (χ3v) is 1.25. The zero-order valence-electron chi connectivity index (χ0n) is 4.37. The first kappa shape index (κ1) is 5.63. The number of nitrogens with zero attached hydrogens (tertiary/aromatic N) is 1. The third kappa shape index (κ3) is 1.23. The lowest BCUT2D eigenvalue weighted by atomic mass is 10.3. The summed E-state index contributed by atoms with van der Waals surface area (Å²) in [5.74, 6) is 0.683. The Morgan fingerprint density at radius 1 is 1.38 bits per heavy atom. The van der Waals surface area contributed by atoms with Gasteiger partial charge in [0.1, 0.15) is 0 Å². The van der Waals surface area contributed by atoms with Gasteiger partial charge in [-0.25, -0.2) is 0 Å². The Balaban J connectivity index is 2.83. The molecule has 0 amide bonds. The maximum atomic E-state index is 4.79. The van der Waals surface area contributed by atoms with Gasteiger partial charge in [-0.05, 0) is 17.7 Å². The first-order valence-electron chi connectivity index (χ1n) is 2.40. The van der Waals surface area contributed by atoms with E-state index in [4.69, 9.17) is 12.6 Å². The molecule has 0 atom stereocenters. The fourth-order valence-corrected chi connectivity index (χ4v) is 0.671. The Hall–Kier alpha value is -0.500. The van der Waals surface area contributed by atoms with Gasteiger partial charge in [0.15, 0.2) is 0 Å². The van der Waals surface area contributed by atoms with E-state index in [-0.39, 0.29) is 0 Å². The van der Waals surface area contributed by atoms with Crippen LogP contribution in [0.2, 0.25) is 0 Å². The SMILES string of the molecule is [S]Cc1ccncc1. The molecule has 1 aromatic heterocycles. The highest BCUT2D eigenvalue weighted by molar-refractivity contribution is 7.79. The number of hydrogen-bond acceptors (Lipinski definition) is 1. The van der Waals surface area contributed by atoms with Crippen LogP contribution in [0.3, 0.4) is 0 Å². The molecule has 0 saturated heterocycles. The Kier molecular flexibility index (Phi) is 1.92. The number of pyridine rings is 1. The maximum Gasteiger partial charge on any atom is 0.0289 e. The lowest BCUT2D eigenvalue weighted by Gasteiger charge is -1.87. The molecule has 0 N–H and O–H groups in total. The van der Waals surface area contributed by atoms with E-state index in [0.29, 0.717) is 5.75 Å². The molecule has 1 heterocycles. The van der Waals surface area contributed by atoms with Crippen molar-refractivity contribution in [3.63, 3.8) is 0 Å². The Bertz CT molecular complexity index is 150. The minimum Gasteiger partial charge on any atom is -0.265 e. The zero-order valence-corrected chi connectivity index (χ0v) is 5.19. The second-order valence-corrected chi connectivity index (χ2v) is 1.79. The molecule has 0 aliphatic carbocycles. The summed E-state index contributed by atoms with van der Waals surface area (Å²) in [5, 5.41) is 0. The van der Waals surface area contributed by atoms with Gasteiger partial charge in [0, 0.05) is 18.1 Å². The Morgan fingerprint density at radius 3 is 2.38 bits per heavy atom. The van der Waals surface area contributed by atoms with Crippen molar-refractivity contribution in [1.29, 1.82) is 0 Å². The van der Waals surface area contributed by atoms with Crippen LogP contribution in [0.1, 0.15) is 5.56 Å². The average Bonchev–Trinajstić information content (AvgIpc) is 1.90. The highest BCUT2D eigenvalue weighted by atomic mass is 32.1. The fourth-order valence-electron chi connectivity index (χ4n) is 0.479. The van der Waals surface area contributed by atoms with Gasteiger partial charge < -0.3 is 0 Å². The van der Waals surface area contributed by atoms with E-state index in [1.165, 1.54) is 0 Å². The molecule has 0 saturated carbocycles. The molecule has 0 fully saturated rings. The van der Waals surface area contributed by atoms with Crippen molar-refractivity contribution in [2.45, 2.75) is 5.75 Å². The predicted octanol–water partition coefficient (Wildman–Crippen LogP) is 1.78. The van der Waals surface area contributed by atoms with E-state index in [9.17, 15) is 0 Å². The lowest BCUT2D eigenvalue weighted by molar-refractivity contribution is 1.27. The van der Waals surface area contributed by atoms with E-state index in [0.717, 1.165) is 5.56 Å². The van der Waals surface area contributed by atoms with E-state index in [2.05, 4.69) is 4.98 Å². The van der Waals surface area contributed by atoms with Crippen LogP contribution in [0.25, 0.3) is 0 Å². The molecule has 1 aromatic rings. The van der Waals surface area contributed by atoms with Crippen molar-refractivity contribution >= 4 is 12.6 Å². The van der Waals surface area contributed by atoms with Crippen LogP contribution in [-0.2, 0) is 5.75 Å². The van der Waals surface area contributed by atoms with E-state index >= 15 is 0 Å². The van der Waals surface area contributed by atoms with Crippen molar-refractivity contribution in [2.75, 3.05) is 0 Å². The molecule has 8 heavy (non-hydrogen) atoms. The summed E-state index contributed by atoms with van der Waals surface area (Å²) in [7, 11) is 0. The molecular formula is C6H6NS. The van der Waals surface area contributed by atoms with Gasteiger partial charge in [-0.3, -0.25) is 4.98 Å². The predicted molar refractivity (Wildman–Crippen MR) is 35.5 cm³/mol. The van der Waals surface area contributed by atoms with Crippen molar-refractivity contribution < 1.29 is 0 Å². The highest BCUT2D eigenvalue weighted by Crippen LogP contribution is 1.98. The monoisotopic (exact) mass is 124 g/mol. The average molecular weight is 124 g/mol. The minimum absolute atomic E-state index is 0.683.